The zero-order chi connectivity index (χ0) is 23.8. The summed E-state index contributed by atoms with van der Waals surface area (Å²) in [5.74, 6) is 0.390. The van der Waals surface area contributed by atoms with Crippen LogP contribution in [-0.4, -0.2) is 41.6 Å². The number of benzene rings is 3. The van der Waals surface area contributed by atoms with Crippen LogP contribution in [0.1, 0.15) is 18.4 Å². The summed E-state index contributed by atoms with van der Waals surface area (Å²) in [6, 6.07) is 22.6. The van der Waals surface area contributed by atoms with E-state index in [2.05, 4.69) is 5.32 Å². The number of anilines is 1. The molecule has 0 bridgehead atoms. The van der Waals surface area contributed by atoms with Gasteiger partial charge in [0.2, 0.25) is 5.91 Å². The molecule has 8 heteroatoms. The van der Waals surface area contributed by atoms with Crippen LogP contribution >= 0.6 is 0 Å². The predicted molar refractivity (Wildman–Crippen MR) is 128 cm³/mol. The molecule has 0 aliphatic heterocycles. The Morgan fingerprint density at radius 2 is 1.58 bits per heavy atom. The van der Waals surface area contributed by atoms with E-state index in [0.29, 0.717) is 18.0 Å². The van der Waals surface area contributed by atoms with Gasteiger partial charge in [-0.1, -0.05) is 55.5 Å². The highest BCUT2D eigenvalue weighted by molar-refractivity contribution is 7.92. The van der Waals surface area contributed by atoms with Crippen LogP contribution in [0.5, 0.6) is 11.5 Å². The van der Waals surface area contributed by atoms with E-state index in [9.17, 15) is 13.2 Å². The van der Waals surface area contributed by atoms with Crippen molar-refractivity contribution in [3.63, 3.8) is 0 Å². The van der Waals surface area contributed by atoms with E-state index in [0.717, 1.165) is 9.87 Å². The van der Waals surface area contributed by atoms with Gasteiger partial charge < -0.3 is 14.8 Å². The monoisotopic (exact) mass is 468 g/mol. The van der Waals surface area contributed by atoms with E-state index in [1.54, 1.807) is 36.4 Å². The highest BCUT2D eigenvalue weighted by atomic mass is 32.2. The Balaban J connectivity index is 1.90. The van der Waals surface area contributed by atoms with E-state index in [1.807, 2.05) is 37.3 Å². The lowest BCUT2D eigenvalue weighted by molar-refractivity contribution is -0.119. The molecule has 0 radical (unpaired) electrons. The maximum Gasteiger partial charge on any atom is 0.264 e. The van der Waals surface area contributed by atoms with Gasteiger partial charge in [0.15, 0.2) is 0 Å². The molecule has 0 saturated carbocycles. The summed E-state index contributed by atoms with van der Waals surface area (Å²) in [5, 5.41) is 2.85. The Bertz CT molecular complexity index is 1170. The number of amides is 1. The lowest BCUT2D eigenvalue weighted by Gasteiger charge is -2.26. The summed E-state index contributed by atoms with van der Waals surface area (Å²) in [6.07, 6.45) is 0. The molecular weight excluding hydrogens is 440 g/mol. The second-order valence-electron chi connectivity index (χ2n) is 7.48. The van der Waals surface area contributed by atoms with E-state index in [4.69, 9.17) is 9.47 Å². The minimum absolute atomic E-state index is 0.0697. The molecule has 33 heavy (non-hydrogen) atoms. The fraction of sp³-hybridized carbons (Fsp3) is 0.240. The van der Waals surface area contributed by atoms with Crippen LogP contribution in [0.4, 0.5) is 5.69 Å². The van der Waals surface area contributed by atoms with Gasteiger partial charge in [0, 0.05) is 12.6 Å². The summed E-state index contributed by atoms with van der Waals surface area (Å²) in [5.41, 5.74) is 1.30. The Hall–Kier alpha value is -3.52. The van der Waals surface area contributed by atoms with Crippen molar-refractivity contribution in [2.24, 2.45) is 0 Å². The summed E-state index contributed by atoms with van der Waals surface area (Å²) in [6.45, 7) is 1.96. The fourth-order valence-corrected chi connectivity index (χ4v) is 4.81. The van der Waals surface area contributed by atoms with Gasteiger partial charge in [-0.15, -0.1) is 0 Å². The minimum Gasteiger partial charge on any atom is -0.497 e. The number of nitrogens with zero attached hydrogens (tertiary/aromatic N) is 1. The normalized spacial score (nSPS) is 12.0. The van der Waals surface area contributed by atoms with Crippen molar-refractivity contribution in [2.75, 3.05) is 31.6 Å². The quantitative estimate of drug-likeness (QED) is 0.489. The van der Waals surface area contributed by atoms with Crippen LogP contribution in [0.2, 0.25) is 0 Å². The highest BCUT2D eigenvalue weighted by Gasteiger charge is 2.30. The zero-order valence-corrected chi connectivity index (χ0v) is 19.7. The van der Waals surface area contributed by atoms with Crippen LogP contribution in [0, 0.1) is 0 Å². The summed E-state index contributed by atoms with van der Waals surface area (Å²) in [4.78, 5) is 13.0. The van der Waals surface area contributed by atoms with Crippen molar-refractivity contribution in [2.45, 2.75) is 17.7 Å². The average Bonchev–Trinajstić information content (AvgIpc) is 2.86. The van der Waals surface area contributed by atoms with Gasteiger partial charge in [0.25, 0.3) is 10.0 Å². The van der Waals surface area contributed by atoms with Gasteiger partial charge in [-0.05, 0) is 35.7 Å². The third-order valence-corrected chi connectivity index (χ3v) is 7.02. The smallest absolute Gasteiger partial charge is 0.264 e. The first-order valence-electron chi connectivity index (χ1n) is 10.5. The van der Waals surface area contributed by atoms with Crippen molar-refractivity contribution in [3.05, 3.63) is 84.4 Å². The number of hydrogen-bond acceptors (Lipinski definition) is 5. The lowest BCUT2D eigenvalue weighted by atomic mass is 10.0. The largest absolute Gasteiger partial charge is 0.497 e. The molecule has 1 amide bonds. The van der Waals surface area contributed by atoms with Crippen LogP contribution in [0.3, 0.4) is 0 Å². The molecule has 0 saturated heterocycles. The van der Waals surface area contributed by atoms with E-state index >= 15 is 0 Å². The number of methoxy groups -OCH3 is 2. The molecule has 0 aliphatic carbocycles. The number of carbonyl (C=O) groups is 1. The maximum atomic E-state index is 13.5. The average molecular weight is 469 g/mol. The van der Waals surface area contributed by atoms with Gasteiger partial charge in [0.05, 0.1) is 24.8 Å². The van der Waals surface area contributed by atoms with Gasteiger partial charge in [-0.3, -0.25) is 9.10 Å². The number of sulfonamides is 1. The molecule has 0 spiro atoms. The second-order valence-corrected chi connectivity index (χ2v) is 9.34. The minimum atomic E-state index is -4.06. The van der Waals surface area contributed by atoms with Crippen LogP contribution < -0.4 is 19.1 Å². The number of hydrogen-bond donors (Lipinski definition) is 1. The van der Waals surface area contributed by atoms with Crippen molar-refractivity contribution >= 4 is 21.6 Å². The molecule has 0 heterocycles. The molecule has 1 N–H and O–H groups in total. The van der Waals surface area contributed by atoms with Gasteiger partial charge in [-0.25, -0.2) is 8.42 Å². The predicted octanol–water partition coefficient (Wildman–Crippen LogP) is 3.82. The Kier molecular flexibility index (Phi) is 7.95. The number of carbonyl (C=O) groups excluding carboxylic acids is 1. The first-order chi connectivity index (χ1) is 15.9. The van der Waals surface area contributed by atoms with E-state index in [1.165, 1.54) is 26.4 Å². The number of rotatable bonds is 10. The van der Waals surface area contributed by atoms with Crippen molar-refractivity contribution < 1.29 is 22.7 Å². The molecule has 0 unspecified atom stereocenters. The zero-order valence-electron chi connectivity index (χ0n) is 18.9. The Morgan fingerprint density at radius 1 is 0.939 bits per heavy atom. The third kappa shape index (κ3) is 5.84. The van der Waals surface area contributed by atoms with Crippen LogP contribution in [0.25, 0.3) is 0 Å². The molecule has 174 valence electrons. The first-order valence-corrected chi connectivity index (χ1v) is 11.9. The van der Waals surface area contributed by atoms with Crippen LogP contribution in [0.15, 0.2) is 83.8 Å². The molecule has 3 aromatic rings. The number of ether oxygens (including phenoxy) is 2. The fourth-order valence-electron chi connectivity index (χ4n) is 3.36. The summed E-state index contributed by atoms with van der Waals surface area (Å²) >= 11 is 0. The van der Waals surface area contributed by atoms with Gasteiger partial charge in [-0.2, -0.15) is 0 Å². The molecule has 3 aromatic carbocycles. The van der Waals surface area contributed by atoms with Crippen LogP contribution in [-0.2, 0) is 14.8 Å². The van der Waals surface area contributed by atoms with Crippen molar-refractivity contribution in [3.8, 4) is 11.5 Å². The third-order valence-electron chi connectivity index (χ3n) is 5.25. The van der Waals surface area contributed by atoms with Gasteiger partial charge >= 0.3 is 0 Å². The molecule has 7 nitrogen and oxygen atoms in total. The molecule has 0 fully saturated rings. The maximum absolute atomic E-state index is 13.5. The Labute approximate surface area is 195 Å². The molecular formula is C25H28N2O5S. The summed E-state index contributed by atoms with van der Waals surface area (Å²) in [7, 11) is -1.13. The standard InChI is InChI=1S/C25H28N2O5S/c1-19(20-10-6-4-7-11-20)17-26-25(28)18-27(33(29,30)22-12-8-5-9-13-22)23-16-21(31-2)14-15-24(23)32-3/h4-16,19H,17-18H2,1-3H3,(H,26,28)/t19-/m1/s1. The molecule has 0 aliphatic rings. The van der Waals surface area contributed by atoms with Crippen molar-refractivity contribution in [1.29, 1.82) is 0 Å². The Morgan fingerprint density at radius 3 is 2.18 bits per heavy atom. The second kappa shape index (κ2) is 10.9. The highest BCUT2D eigenvalue weighted by Crippen LogP contribution is 2.35. The topological polar surface area (TPSA) is 84.9 Å². The summed E-state index contributed by atoms with van der Waals surface area (Å²) < 4.78 is 38.8. The van der Waals surface area contributed by atoms with Gasteiger partial charge in [0.1, 0.15) is 18.0 Å². The van der Waals surface area contributed by atoms with E-state index in [-0.39, 0.29) is 16.5 Å². The number of nitrogens with one attached hydrogen (secondary N) is 1. The SMILES string of the molecule is COc1ccc(OC)c(N(CC(=O)NC[C@@H](C)c2ccccc2)S(=O)(=O)c2ccccc2)c1. The van der Waals surface area contributed by atoms with Crippen molar-refractivity contribution in [1.82, 2.24) is 5.32 Å². The molecule has 1 atom stereocenters. The first kappa shape index (κ1) is 24.1. The molecule has 0 aromatic heterocycles. The van der Waals surface area contributed by atoms with E-state index < -0.39 is 22.5 Å². The molecule has 3 rings (SSSR count). The lowest BCUT2D eigenvalue weighted by Crippen LogP contribution is -2.42.